The van der Waals surface area contributed by atoms with Gasteiger partial charge in [0.1, 0.15) is 0 Å². The van der Waals surface area contributed by atoms with Gasteiger partial charge in [0.15, 0.2) is 0 Å². The van der Waals surface area contributed by atoms with Crippen molar-refractivity contribution >= 4 is 5.91 Å². The van der Waals surface area contributed by atoms with E-state index in [9.17, 15) is 9.90 Å². The highest BCUT2D eigenvalue weighted by atomic mass is 16.5. The van der Waals surface area contributed by atoms with Gasteiger partial charge in [0.2, 0.25) is 5.88 Å². The number of ether oxygens (including phenoxy) is 1. The van der Waals surface area contributed by atoms with Crippen LogP contribution in [0.15, 0.2) is 18.3 Å². The van der Waals surface area contributed by atoms with Crippen molar-refractivity contribution in [3.05, 3.63) is 23.9 Å². The summed E-state index contributed by atoms with van der Waals surface area (Å²) in [5.74, 6) is 0.424. The van der Waals surface area contributed by atoms with Crippen LogP contribution in [0, 0.1) is 0 Å². The van der Waals surface area contributed by atoms with E-state index in [4.69, 9.17) is 4.74 Å². The molecule has 0 unspecified atom stereocenters. The Kier molecular flexibility index (Phi) is 4.15. The normalized spacial score (nSPS) is 19.7. The fourth-order valence-corrected chi connectivity index (χ4v) is 2.25. The van der Waals surface area contributed by atoms with Gasteiger partial charge in [-0.15, -0.1) is 0 Å². The zero-order valence-corrected chi connectivity index (χ0v) is 10.5. The van der Waals surface area contributed by atoms with Gasteiger partial charge < -0.3 is 14.7 Å². The maximum Gasteiger partial charge on any atom is 0.255 e. The molecule has 0 saturated carbocycles. The maximum absolute atomic E-state index is 12.3. The summed E-state index contributed by atoms with van der Waals surface area (Å²) in [4.78, 5) is 18.1. The molecule has 5 heteroatoms. The van der Waals surface area contributed by atoms with Crippen molar-refractivity contribution in [1.29, 1.82) is 0 Å². The molecular weight excluding hydrogens is 232 g/mol. The summed E-state index contributed by atoms with van der Waals surface area (Å²) >= 11 is 0. The van der Waals surface area contributed by atoms with Crippen molar-refractivity contribution in [3.8, 4) is 5.88 Å². The molecule has 18 heavy (non-hydrogen) atoms. The van der Waals surface area contributed by atoms with E-state index in [-0.39, 0.29) is 18.6 Å². The molecule has 1 aromatic rings. The van der Waals surface area contributed by atoms with E-state index < -0.39 is 0 Å². The van der Waals surface area contributed by atoms with Crippen molar-refractivity contribution in [3.63, 3.8) is 0 Å². The molecule has 0 radical (unpaired) electrons. The third kappa shape index (κ3) is 2.61. The monoisotopic (exact) mass is 250 g/mol. The van der Waals surface area contributed by atoms with Gasteiger partial charge in [-0.3, -0.25) is 4.79 Å². The van der Waals surface area contributed by atoms with E-state index in [1.807, 2.05) is 0 Å². The summed E-state index contributed by atoms with van der Waals surface area (Å²) in [6.07, 6.45) is 4.44. The molecule has 1 aromatic heterocycles. The summed E-state index contributed by atoms with van der Waals surface area (Å²) in [6.45, 7) is 0.728. The van der Waals surface area contributed by atoms with Gasteiger partial charge >= 0.3 is 0 Å². The quantitative estimate of drug-likeness (QED) is 0.872. The van der Waals surface area contributed by atoms with Crippen LogP contribution >= 0.6 is 0 Å². The lowest BCUT2D eigenvalue weighted by Gasteiger charge is -2.34. The number of carbonyl (C=O) groups excluding carboxylic acids is 1. The summed E-state index contributed by atoms with van der Waals surface area (Å²) in [7, 11) is 1.54. The lowest BCUT2D eigenvalue weighted by atomic mass is 10.0. The van der Waals surface area contributed by atoms with Gasteiger partial charge in [0.25, 0.3) is 5.91 Å². The van der Waals surface area contributed by atoms with Crippen molar-refractivity contribution in [2.45, 2.75) is 25.3 Å². The van der Waals surface area contributed by atoms with Crippen molar-refractivity contribution in [2.75, 3.05) is 20.3 Å². The second-order valence-electron chi connectivity index (χ2n) is 4.42. The van der Waals surface area contributed by atoms with Gasteiger partial charge in [0.05, 0.1) is 25.3 Å². The molecule has 0 aliphatic carbocycles. The first-order chi connectivity index (χ1) is 8.76. The number of carbonyl (C=O) groups is 1. The zero-order chi connectivity index (χ0) is 13.0. The number of rotatable bonds is 3. The molecular formula is C13H18N2O3. The molecule has 0 aromatic carbocycles. The molecule has 1 fully saturated rings. The molecule has 1 aliphatic rings. The average molecular weight is 250 g/mol. The number of likely N-dealkylation sites (tertiary alicyclic amines) is 1. The summed E-state index contributed by atoms with van der Waals surface area (Å²) in [6, 6.07) is 3.32. The Balaban J connectivity index is 2.13. The summed E-state index contributed by atoms with van der Waals surface area (Å²) in [5, 5.41) is 9.31. The minimum absolute atomic E-state index is 0.0231. The van der Waals surface area contributed by atoms with Gasteiger partial charge in [-0.05, 0) is 25.3 Å². The summed E-state index contributed by atoms with van der Waals surface area (Å²) in [5.41, 5.74) is 0.538. The highest BCUT2D eigenvalue weighted by Gasteiger charge is 2.26. The number of methoxy groups -OCH3 is 1. The van der Waals surface area contributed by atoms with Crippen LogP contribution in [0.25, 0.3) is 0 Å². The largest absolute Gasteiger partial charge is 0.481 e. The minimum atomic E-state index is -0.0658. The fourth-order valence-electron chi connectivity index (χ4n) is 2.25. The smallest absolute Gasteiger partial charge is 0.255 e. The number of amides is 1. The lowest BCUT2D eigenvalue weighted by molar-refractivity contribution is 0.0502. The van der Waals surface area contributed by atoms with Gasteiger partial charge in [-0.2, -0.15) is 0 Å². The first-order valence-electron chi connectivity index (χ1n) is 6.18. The molecule has 0 spiro atoms. The van der Waals surface area contributed by atoms with E-state index in [1.165, 1.54) is 13.3 Å². The Hall–Kier alpha value is -1.62. The molecule has 98 valence electrons. The highest BCUT2D eigenvalue weighted by molar-refractivity contribution is 5.94. The second-order valence-corrected chi connectivity index (χ2v) is 4.42. The predicted octanol–water partition coefficient (Wildman–Crippen LogP) is 1.08. The number of aliphatic hydroxyl groups excluding tert-OH is 1. The molecule has 2 heterocycles. The average Bonchev–Trinajstić information content (AvgIpc) is 2.46. The zero-order valence-electron chi connectivity index (χ0n) is 10.5. The first kappa shape index (κ1) is 12.8. The molecule has 2 rings (SSSR count). The molecule has 1 amide bonds. The SMILES string of the molecule is COc1ccc(C(=O)N2CCCC[C@H]2CO)cn1. The van der Waals surface area contributed by atoms with Crippen LogP contribution in [0.2, 0.25) is 0 Å². The Labute approximate surface area is 106 Å². The summed E-state index contributed by atoms with van der Waals surface area (Å²) < 4.78 is 4.96. The Morgan fingerprint density at radius 1 is 1.56 bits per heavy atom. The van der Waals surface area contributed by atoms with E-state index >= 15 is 0 Å². The van der Waals surface area contributed by atoms with Crippen LogP contribution in [-0.4, -0.2) is 47.2 Å². The van der Waals surface area contributed by atoms with E-state index in [1.54, 1.807) is 17.0 Å². The third-order valence-corrected chi connectivity index (χ3v) is 3.29. The Morgan fingerprint density at radius 3 is 3.00 bits per heavy atom. The molecule has 1 aliphatic heterocycles. The van der Waals surface area contributed by atoms with Gasteiger partial charge in [-0.1, -0.05) is 0 Å². The van der Waals surface area contributed by atoms with Crippen LogP contribution < -0.4 is 4.74 Å². The molecule has 1 atom stereocenters. The number of piperidine rings is 1. The first-order valence-corrected chi connectivity index (χ1v) is 6.18. The number of pyridine rings is 1. The lowest BCUT2D eigenvalue weighted by Crippen LogP contribution is -2.45. The van der Waals surface area contributed by atoms with Gasteiger partial charge in [0, 0.05) is 18.8 Å². The fraction of sp³-hybridized carbons (Fsp3) is 0.538. The van der Waals surface area contributed by atoms with Crippen LogP contribution in [0.3, 0.4) is 0 Å². The predicted molar refractivity (Wildman–Crippen MR) is 66.6 cm³/mol. The second kappa shape index (κ2) is 5.82. The van der Waals surface area contributed by atoms with Crippen molar-refractivity contribution in [1.82, 2.24) is 9.88 Å². The van der Waals surface area contributed by atoms with Crippen molar-refractivity contribution in [2.24, 2.45) is 0 Å². The van der Waals surface area contributed by atoms with Crippen LogP contribution in [0.4, 0.5) is 0 Å². The molecule has 1 saturated heterocycles. The Bertz CT molecular complexity index is 405. The molecule has 1 N–H and O–H groups in total. The van der Waals surface area contributed by atoms with E-state index in [0.717, 1.165) is 19.3 Å². The topological polar surface area (TPSA) is 62.7 Å². The van der Waals surface area contributed by atoms with Crippen LogP contribution in [-0.2, 0) is 0 Å². The minimum Gasteiger partial charge on any atom is -0.481 e. The molecule has 0 bridgehead atoms. The van der Waals surface area contributed by atoms with Crippen molar-refractivity contribution < 1.29 is 14.6 Å². The van der Waals surface area contributed by atoms with Crippen LogP contribution in [0.1, 0.15) is 29.6 Å². The molecule has 5 nitrogen and oxygen atoms in total. The standard InChI is InChI=1S/C13H18N2O3/c1-18-12-6-5-10(8-14-12)13(17)15-7-3-2-4-11(15)9-16/h5-6,8,11,16H,2-4,7,9H2,1H3/t11-/m0/s1. The number of aliphatic hydroxyl groups is 1. The number of hydrogen-bond acceptors (Lipinski definition) is 4. The van der Waals surface area contributed by atoms with E-state index in [0.29, 0.717) is 18.0 Å². The number of aromatic nitrogens is 1. The van der Waals surface area contributed by atoms with Gasteiger partial charge in [-0.25, -0.2) is 4.98 Å². The highest BCUT2D eigenvalue weighted by Crippen LogP contribution is 2.19. The van der Waals surface area contributed by atoms with E-state index in [2.05, 4.69) is 4.98 Å². The number of nitrogens with zero attached hydrogens (tertiary/aromatic N) is 2. The van der Waals surface area contributed by atoms with Crippen LogP contribution in [0.5, 0.6) is 5.88 Å². The maximum atomic E-state index is 12.3. The number of hydrogen-bond donors (Lipinski definition) is 1. The Morgan fingerprint density at radius 2 is 2.39 bits per heavy atom. The third-order valence-electron chi connectivity index (χ3n) is 3.29.